The topological polar surface area (TPSA) is 17.1 Å². The SMILES string of the molecule is C=C(CCC(=O)CC(=C)[Si](C)(C)c1ccccc1)C[Si](C)(C)c1ccccc1. The maximum Gasteiger partial charge on any atom is 0.136 e. The Morgan fingerprint density at radius 2 is 1.29 bits per heavy atom. The summed E-state index contributed by atoms with van der Waals surface area (Å²) in [4.78, 5) is 12.6. The van der Waals surface area contributed by atoms with Gasteiger partial charge in [0.1, 0.15) is 13.9 Å². The minimum Gasteiger partial charge on any atom is -0.299 e. The molecule has 0 fully saturated rings. The lowest BCUT2D eigenvalue weighted by Crippen LogP contribution is -2.44. The molecule has 0 aromatic heterocycles. The molecule has 0 aliphatic rings. The second-order valence-electron chi connectivity index (χ2n) is 8.99. The van der Waals surface area contributed by atoms with Crippen molar-refractivity contribution in [1.82, 2.24) is 0 Å². The van der Waals surface area contributed by atoms with Crippen LogP contribution in [0.15, 0.2) is 84.6 Å². The van der Waals surface area contributed by atoms with Crippen LogP contribution in [0, 0.1) is 0 Å². The van der Waals surface area contributed by atoms with Crippen molar-refractivity contribution in [3.05, 3.63) is 84.6 Å². The van der Waals surface area contributed by atoms with Crippen molar-refractivity contribution in [1.29, 1.82) is 0 Å². The fraction of sp³-hybridized carbons (Fsp3) is 0.320. The summed E-state index contributed by atoms with van der Waals surface area (Å²) in [5, 5.41) is 3.91. The molecule has 0 saturated heterocycles. The predicted molar refractivity (Wildman–Crippen MR) is 129 cm³/mol. The lowest BCUT2D eigenvalue weighted by Gasteiger charge is -2.26. The van der Waals surface area contributed by atoms with Gasteiger partial charge in [-0.15, -0.1) is 13.2 Å². The van der Waals surface area contributed by atoms with Gasteiger partial charge in [0.2, 0.25) is 0 Å². The molecular weight excluding hydrogens is 372 g/mol. The molecule has 0 saturated carbocycles. The third-order valence-electron chi connectivity index (χ3n) is 5.79. The Kier molecular flexibility index (Phi) is 7.56. The molecule has 0 unspecified atom stereocenters. The smallest absolute Gasteiger partial charge is 0.136 e. The molecule has 0 bridgehead atoms. The Hall–Kier alpha value is -1.98. The van der Waals surface area contributed by atoms with Gasteiger partial charge in [-0.25, -0.2) is 0 Å². The number of benzene rings is 2. The maximum atomic E-state index is 12.6. The molecule has 2 aromatic rings. The third kappa shape index (κ3) is 6.01. The van der Waals surface area contributed by atoms with E-state index >= 15 is 0 Å². The highest BCUT2D eigenvalue weighted by Crippen LogP contribution is 2.22. The van der Waals surface area contributed by atoms with Crippen LogP contribution in [0.4, 0.5) is 0 Å². The van der Waals surface area contributed by atoms with Gasteiger partial charge in [0, 0.05) is 12.8 Å². The summed E-state index contributed by atoms with van der Waals surface area (Å²) in [5.41, 5.74) is 1.21. The fourth-order valence-electron chi connectivity index (χ4n) is 3.63. The van der Waals surface area contributed by atoms with Gasteiger partial charge in [-0.3, -0.25) is 4.79 Å². The molecular formula is C25H34OSi2. The summed E-state index contributed by atoms with van der Waals surface area (Å²) in [6.07, 6.45) is 1.87. The quantitative estimate of drug-likeness (QED) is 0.370. The van der Waals surface area contributed by atoms with Gasteiger partial charge in [-0.2, -0.15) is 0 Å². The Morgan fingerprint density at radius 1 is 0.786 bits per heavy atom. The summed E-state index contributed by atoms with van der Waals surface area (Å²) < 4.78 is 0. The lowest BCUT2D eigenvalue weighted by molar-refractivity contribution is -0.118. The first-order chi connectivity index (χ1) is 13.1. The van der Waals surface area contributed by atoms with Crippen LogP contribution in [0.1, 0.15) is 19.3 Å². The molecule has 3 heteroatoms. The first-order valence-electron chi connectivity index (χ1n) is 10.1. The molecule has 1 nitrogen and oxygen atoms in total. The van der Waals surface area contributed by atoms with Crippen LogP contribution in [0.2, 0.25) is 32.2 Å². The molecule has 28 heavy (non-hydrogen) atoms. The van der Waals surface area contributed by atoms with Gasteiger partial charge < -0.3 is 0 Å². The summed E-state index contributed by atoms with van der Waals surface area (Å²) in [6, 6.07) is 22.3. The molecule has 0 atom stereocenters. The zero-order chi connectivity index (χ0) is 20.8. The monoisotopic (exact) mass is 406 g/mol. The summed E-state index contributed by atoms with van der Waals surface area (Å²) in [6.45, 7) is 17.9. The highest BCUT2D eigenvalue weighted by molar-refractivity contribution is 6.95. The Balaban J connectivity index is 1.86. The molecule has 2 aromatic carbocycles. The van der Waals surface area contributed by atoms with Gasteiger partial charge >= 0.3 is 0 Å². The van der Waals surface area contributed by atoms with Crippen molar-refractivity contribution in [2.75, 3.05) is 0 Å². The predicted octanol–water partition coefficient (Wildman–Crippen LogP) is 5.61. The van der Waals surface area contributed by atoms with Crippen LogP contribution in [-0.2, 0) is 4.79 Å². The minimum absolute atomic E-state index is 0.293. The number of Topliss-reactive ketones (excluding diaryl/α,β-unsaturated/α-hetero) is 1. The molecule has 148 valence electrons. The third-order valence-corrected chi connectivity index (χ3v) is 12.8. The van der Waals surface area contributed by atoms with Crippen molar-refractivity contribution in [3.8, 4) is 0 Å². The van der Waals surface area contributed by atoms with Crippen molar-refractivity contribution in [2.45, 2.75) is 51.5 Å². The number of allylic oxidation sites excluding steroid dienone is 2. The van der Waals surface area contributed by atoms with E-state index in [0.717, 1.165) is 17.7 Å². The Labute approximate surface area is 173 Å². The zero-order valence-electron chi connectivity index (χ0n) is 17.9. The molecule has 2 rings (SSSR count). The van der Waals surface area contributed by atoms with E-state index in [1.807, 2.05) is 6.07 Å². The van der Waals surface area contributed by atoms with E-state index in [9.17, 15) is 4.79 Å². The summed E-state index contributed by atoms with van der Waals surface area (Å²) >= 11 is 0. The van der Waals surface area contributed by atoms with Gasteiger partial charge in [0.25, 0.3) is 0 Å². The van der Waals surface area contributed by atoms with Crippen LogP contribution in [0.5, 0.6) is 0 Å². The van der Waals surface area contributed by atoms with Gasteiger partial charge in [-0.1, -0.05) is 108 Å². The number of carbonyl (C=O) groups excluding carboxylic acids is 1. The number of ketones is 1. The highest BCUT2D eigenvalue weighted by Gasteiger charge is 2.28. The second-order valence-corrected chi connectivity index (χ2v) is 18.2. The molecule has 0 N–H and O–H groups in total. The van der Waals surface area contributed by atoms with Crippen molar-refractivity contribution < 1.29 is 4.79 Å². The number of hydrogen-bond donors (Lipinski definition) is 0. The molecule has 0 radical (unpaired) electrons. The Bertz CT molecular complexity index is 820. The minimum atomic E-state index is -1.81. The first kappa shape index (κ1) is 22.3. The lowest BCUT2D eigenvalue weighted by atomic mass is 10.1. The largest absolute Gasteiger partial charge is 0.299 e. The number of carbonyl (C=O) groups is 1. The number of rotatable bonds is 10. The van der Waals surface area contributed by atoms with Crippen LogP contribution in [0.25, 0.3) is 0 Å². The van der Waals surface area contributed by atoms with Crippen molar-refractivity contribution >= 4 is 32.3 Å². The van der Waals surface area contributed by atoms with Crippen molar-refractivity contribution in [3.63, 3.8) is 0 Å². The van der Waals surface area contributed by atoms with Gasteiger partial charge in [0.15, 0.2) is 0 Å². The standard InChI is InChI=1S/C25H34OSi2/c1-21(20-27(3,4)24-13-9-7-10-14-24)17-18-23(26)19-22(2)28(5,6)25-15-11-8-12-16-25/h7-16H,1-2,17-20H2,3-6H3. The van der Waals surface area contributed by atoms with E-state index in [1.54, 1.807) is 0 Å². The maximum absolute atomic E-state index is 12.6. The first-order valence-corrected chi connectivity index (χ1v) is 16.3. The fourth-order valence-corrected chi connectivity index (χ4v) is 8.43. The van der Waals surface area contributed by atoms with E-state index in [-0.39, 0.29) is 0 Å². The highest BCUT2D eigenvalue weighted by atomic mass is 28.3. The van der Waals surface area contributed by atoms with E-state index < -0.39 is 16.1 Å². The second kappa shape index (κ2) is 9.48. The van der Waals surface area contributed by atoms with Crippen LogP contribution < -0.4 is 10.4 Å². The molecule has 0 heterocycles. The zero-order valence-corrected chi connectivity index (χ0v) is 19.9. The molecule has 0 spiro atoms. The molecule has 0 amide bonds. The van der Waals surface area contributed by atoms with E-state index in [2.05, 4.69) is 93.9 Å². The van der Waals surface area contributed by atoms with Crippen LogP contribution in [-0.4, -0.2) is 21.9 Å². The summed E-state index contributed by atoms with van der Waals surface area (Å²) in [7, 11) is -3.36. The van der Waals surface area contributed by atoms with Crippen molar-refractivity contribution in [2.24, 2.45) is 0 Å². The molecule has 0 aliphatic heterocycles. The average Bonchev–Trinajstić information content (AvgIpc) is 2.67. The molecule has 0 aliphatic carbocycles. The van der Waals surface area contributed by atoms with E-state index in [1.165, 1.54) is 15.9 Å². The van der Waals surface area contributed by atoms with Crippen LogP contribution in [0.3, 0.4) is 0 Å². The summed E-state index contributed by atoms with van der Waals surface area (Å²) in [5.74, 6) is 0.293. The number of hydrogen-bond acceptors (Lipinski definition) is 1. The Morgan fingerprint density at radius 3 is 1.82 bits per heavy atom. The van der Waals surface area contributed by atoms with E-state index in [0.29, 0.717) is 18.6 Å². The average molecular weight is 407 g/mol. The van der Waals surface area contributed by atoms with E-state index in [4.69, 9.17) is 0 Å². The van der Waals surface area contributed by atoms with Gasteiger partial charge in [-0.05, 0) is 12.5 Å². The van der Waals surface area contributed by atoms with Crippen LogP contribution >= 0.6 is 0 Å². The normalized spacial score (nSPS) is 11.9. The van der Waals surface area contributed by atoms with Gasteiger partial charge in [0.05, 0.1) is 8.07 Å².